The minimum absolute atomic E-state index is 0.844. The average molecular weight is 395 g/mol. The van der Waals surface area contributed by atoms with Gasteiger partial charge in [0.25, 0.3) is 0 Å². The van der Waals surface area contributed by atoms with Gasteiger partial charge in [0.05, 0.1) is 0 Å². The van der Waals surface area contributed by atoms with Crippen LogP contribution in [0.1, 0.15) is 69.9 Å². The molecule has 2 heteroatoms. The maximum absolute atomic E-state index is 3.59. The summed E-state index contributed by atoms with van der Waals surface area (Å²) in [5.41, 5.74) is 5.14. The lowest BCUT2D eigenvalue weighted by Crippen LogP contribution is -2.11. The molecule has 2 aromatic carbocycles. The van der Waals surface area contributed by atoms with E-state index in [4.69, 9.17) is 0 Å². The summed E-state index contributed by atoms with van der Waals surface area (Å²) >= 11 is 0. The standard InChI is InChI=1S/C27H42N2/c1-5-24(18-20-28-26-14-10-22(3)11-15-26)8-7-9-25(6-2)19-21-29-27-16-12-23(4)13-17-27/h10-17,24-25,28-29H,5-9,18-21H2,1-4H3. The van der Waals surface area contributed by atoms with E-state index in [9.17, 15) is 0 Å². The van der Waals surface area contributed by atoms with Gasteiger partial charge in [-0.1, -0.05) is 81.3 Å². The topological polar surface area (TPSA) is 24.1 Å². The third kappa shape index (κ3) is 9.39. The van der Waals surface area contributed by atoms with Crippen LogP contribution in [0.5, 0.6) is 0 Å². The summed E-state index contributed by atoms with van der Waals surface area (Å²) in [7, 11) is 0. The molecular formula is C27H42N2. The molecule has 2 unspecified atom stereocenters. The largest absolute Gasteiger partial charge is 0.385 e. The molecule has 0 aliphatic heterocycles. The third-order valence-corrected chi connectivity index (χ3v) is 6.25. The number of nitrogens with one attached hydrogen (secondary N) is 2. The van der Waals surface area contributed by atoms with Crippen molar-refractivity contribution in [1.82, 2.24) is 0 Å². The summed E-state index contributed by atoms with van der Waals surface area (Å²) in [5, 5.41) is 7.17. The Balaban J connectivity index is 1.60. The fraction of sp³-hybridized carbons (Fsp3) is 0.556. The second-order valence-corrected chi connectivity index (χ2v) is 8.64. The van der Waals surface area contributed by atoms with Crippen molar-refractivity contribution in [2.45, 2.75) is 72.6 Å². The molecular weight excluding hydrogens is 352 g/mol. The predicted molar refractivity (Wildman–Crippen MR) is 130 cm³/mol. The zero-order valence-corrected chi connectivity index (χ0v) is 19.1. The first-order valence-corrected chi connectivity index (χ1v) is 11.7. The number of benzene rings is 2. The summed E-state index contributed by atoms with van der Waals surface area (Å²) in [4.78, 5) is 0. The van der Waals surface area contributed by atoms with Crippen LogP contribution < -0.4 is 10.6 Å². The first-order valence-electron chi connectivity index (χ1n) is 11.7. The van der Waals surface area contributed by atoms with Crippen molar-refractivity contribution in [2.24, 2.45) is 11.8 Å². The Hall–Kier alpha value is -1.96. The minimum Gasteiger partial charge on any atom is -0.385 e. The Labute approximate surface area is 179 Å². The lowest BCUT2D eigenvalue weighted by Gasteiger charge is -2.19. The summed E-state index contributed by atoms with van der Waals surface area (Å²) in [6.45, 7) is 11.1. The molecule has 2 aromatic rings. The van der Waals surface area contributed by atoms with Crippen LogP contribution in [0.15, 0.2) is 48.5 Å². The summed E-state index contributed by atoms with van der Waals surface area (Å²) < 4.78 is 0. The van der Waals surface area contributed by atoms with Gasteiger partial charge in [0.2, 0.25) is 0 Å². The molecule has 0 fully saturated rings. The van der Waals surface area contributed by atoms with Crippen molar-refractivity contribution < 1.29 is 0 Å². The van der Waals surface area contributed by atoms with Gasteiger partial charge < -0.3 is 10.6 Å². The van der Waals surface area contributed by atoms with Crippen LogP contribution in [0.4, 0.5) is 11.4 Å². The van der Waals surface area contributed by atoms with Gasteiger partial charge in [-0.25, -0.2) is 0 Å². The molecule has 0 amide bonds. The van der Waals surface area contributed by atoms with Gasteiger partial charge in [-0.3, -0.25) is 0 Å². The van der Waals surface area contributed by atoms with Gasteiger partial charge in [0, 0.05) is 24.5 Å². The summed E-state index contributed by atoms with van der Waals surface area (Å²) in [6, 6.07) is 17.5. The van der Waals surface area contributed by atoms with E-state index in [1.165, 1.54) is 67.4 Å². The molecule has 2 N–H and O–H groups in total. The fourth-order valence-electron chi connectivity index (χ4n) is 3.98. The van der Waals surface area contributed by atoms with E-state index in [0.29, 0.717) is 0 Å². The summed E-state index contributed by atoms with van der Waals surface area (Å²) in [5.74, 6) is 1.69. The average Bonchev–Trinajstić information content (AvgIpc) is 2.74. The molecule has 160 valence electrons. The summed E-state index contributed by atoms with van der Waals surface area (Å²) in [6.07, 6.45) is 9.24. The molecule has 29 heavy (non-hydrogen) atoms. The van der Waals surface area contributed by atoms with Crippen molar-refractivity contribution in [1.29, 1.82) is 0 Å². The van der Waals surface area contributed by atoms with Crippen LogP contribution in [0.3, 0.4) is 0 Å². The van der Waals surface area contributed by atoms with E-state index in [2.05, 4.69) is 86.9 Å². The monoisotopic (exact) mass is 394 g/mol. The van der Waals surface area contributed by atoms with Gasteiger partial charge in [-0.05, 0) is 62.8 Å². The molecule has 0 aromatic heterocycles. The second kappa shape index (κ2) is 13.3. The highest BCUT2D eigenvalue weighted by Gasteiger charge is 2.10. The highest BCUT2D eigenvalue weighted by atomic mass is 14.9. The number of hydrogen-bond acceptors (Lipinski definition) is 2. The molecule has 0 bridgehead atoms. The minimum atomic E-state index is 0.844. The number of hydrogen-bond donors (Lipinski definition) is 2. The molecule has 2 atom stereocenters. The quantitative estimate of drug-likeness (QED) is 0.341. The van der Waals surface area contributed by atoms with Gasteiger partial charge in [0.15, 0.2) is 0 Å². The Kier molecular flexibility index (Phi) is 10.7. The second-order valence-electron chi connectivity index (χ2n) is 8.64. The van der Waals surface area contributed by atoms with Crippen molar-refractivity contribution in [2.75, 3.05) is 23.7 Å². The Morgan fingerprint density at radius 1 is 0.586 bits per heavy atom. The smallest absolute Gasteiger partial charge is 0.0340 e. The zero-order valence-electron chi connectivity index (χ0n) is 19.1. The molecule has 0 aliphatic rings. The van der Waals surface area contributed by atoms with Crippen molar-refractivity contribution in [3.8, 4) is 0 Å². The van der Waals surface area contributed by atoms with Gasteiger partial charge in [0.1, 0.15) is 0 Å². The molecule has 0 radical (unpaired) electrons. The van der Waals surface area contributed by atoms with Crippen LogP contribution in [-0.2, 0) is 0 Å². The van der Waals surface area contributed by atoms with Gasteiger partial charge >= 0.3 is 0 Å². The van der Waals surface area contributed by atoms with Crippen molar-refractivity contribution in [3.63, 3.8) is 0 Å². The Bertz CT molecular complexity index is 600. The maximum atomic E-state index is 3.59. The third-order valence-electron chi connectivity index (χ3n) is 6.25. The SMILES string of the molecule is CCC(CCCC(CC)CCNc1ccc(C)cc1)CCNc1ccc(C)cc1. The van der Waals surface area contributed by atoms with E-state index < -0.39 is 0 Å². The molecule has 0 heterocycles. The van der Waals surface area contributed by atoms with E-state index in [1.54, 1.807) is 0 Å². The lowest BCUT2D eigenvalue weighted by atomic mass is 9.90. The Morgan fingerprint density at radius 3 is 1.31 bits per heavy atom. The zero-order chi connectivity index (χ0) is 20.9. The van der Waals surface area contributed by atoms with Crippen LogP contribution in [0.2, 0.25) is 0 Å². The highest BCUT2D eigenvalue weighted by Crippen LogP contribution is 2.22. The van der Waals surface area contributed by atoms with E-state index >= 15 is 0 Å². The van der Waals surface area contributed by atoms with Gasteiger partial charge in [-0.2, -0.15) is 0 Å². The fourth-order valence-corrected chi connectivity index (χ4v) is 3.98. The van der Waals surface area contributed by atoms with Crippen LogP contribution in [-0.4, -0.2) is 13.1 Å². The predicted octanol–water partition coefficient (Wildman–Crippen LogP) is 7.83. The number of anilines is 2. The van der Waals surface area contributed by atoms with E-state index in [1.807, 2.05) is 0 Å². The first kappa shape index (κ1) is 23.3. The Morgan fingerprint density at radius 2 is 0.966 bits per heavy atom. The molecule has 0 saturated carbocycles. The molecule has 0 spiro atoms. The maximum Gasteiger partial charge on any atom is 0.0340 e. The normalized spacial score (nSPS) is 13.1. The van der Waals surface area contributed by atoms with Crippen molar-refractivity contribution >= 4 is 11.4 Å². The van der Waals surface area contributed by atoms with Gasteiger partial charge in [-0.15, -0.1) is 0 Å². The van der Waals surface area contributed by atoms with Crippen LogP contribution in [0, 0.1) is 25.7 Å². The number of rotatable bonds is 14. The molecule has 2 rings (SSSR count). The molecule has 0 aliphatic carbocycles. The van der Waals surface area contributed by atoms with Crippen molar-refractivity contribution in [3.05, 3.63) is 59.7 Å². The van der Waals surface area contributed by atoms with E-state index in [-0.39, 0.29) is 0 Å². The molecule has 2 nitrogen and oxygen atoms in total. The van der Waals surface area contributed by atoms with Crippen LogP contribution in [0.25, 0.3) is 0 Å². The molecule has 0 saturated heterocycles. The first-order chi connectivity index (χ1) is 14.1. The number of aryl methyl sites for hydroxylation is 2. The highest BCUT2D eigenvalue weighted by molar-refractivity contribution is 5.44. The van der Waals surface area contributed by atoms with E-state index in [0.717, 1.165) is 24.9 Å². The van der Waals surface area contributed by atoms with Crippen LogP contribution >= 0.6 is 0 Å². The lowest BCUT2D eigenvalue weighted by molar-refractivity contribution is 0.374.